The van der Waals surface area contributed by atoms with E-state index < -0.39 is 0 Å². The first-order chi connectivity index (χ1) is 8.20. The van der Waals surface area contributed by atoms with Crippen LogP contribution in [0.4, 0.5) is 0 Å². The predicted octanol–water partition coefficient (Wildman–Crippen LogP) is 4.75. The quantitative estimate of drug-likeness (QED) is 0.781. The lowest BCUT2D eigenvalue weighted by Gasteiger charge is -2.23. The highest BCUT2D eigenvalue weighted by atomic mass is 35.5. The molecule has 1 atom stereocenters. The minimum Gasteiger partial charge on any atom is -0.310 e. The largest absolute Gasteiger partial charge is 0.310 e. The Bertz CT molecular complexity index is 406. The van der Waals surface area contributed by atoms with Crippen LogP contribution in [-0.2, 0) is 0 Å². The van der Waals surface area contributed by atoms with E-state index in [1.54, 1.807) is 6.07 Å². The predicted molar refractivity (Wildman–Crippen MR) is 74.8 cm³/mol. The van der Waals surface area contributed by atoms with Gasteiger partial charge < -0.3 is 5.32 Å². The second-order valence-electron chi connectivity index (χ2n) is 4.45. The van der Waals surface area contributed by atoms with Gasteiger partial charge in [-0.1, -0.05) is 34.9 Å². The summed E-state index contributed by atoms with van der Waals surface area (Å²) in [6.07, 6.45) is 7.27. The third-order valence-electron chi connectivity index (χ3n) is 3.20. The zero-order chi connectivity index (χ0) is 12.3. The maximum Gasteiger partial charge on any atom is 0.0534 e. The van der Waals surface area contributed by atoms with Crippen molar-refractivity contribution in [3.05, 3.63) is 45.5 Å². The highest BCUT2D eigenvalue weighted by Crippen LogP contribution is 2.32. The van der Waals surface area contributed by atoms with Crippen LogP contribution < -0.4 is 5.32 Å². The molecular weight excluding hydrogens is 253 g/mol. The van der Waals surface area contributed by atoms with Gasteiger partial charge in [-0.15, -0.1) is 0 Å². The third-order valence-corrected chi connectivity index (χ3v) is 3.64. The van der Waals surface area contributed by atoms with Crippen LogP contribution in [0.15, 0.2) is 29.8 Å². The van der Waals surface area contributed by atoms with Gasteiger partial charge in [0.05, 0.1) is 6.04 Å². The molecule has 1 aromatic carbocycles. The summed E-state index contributed by atoms with van der Waals surface area (Å²) in [6, 6.07) is 5.99. The van der Waals surface area contributed by atoms with Gasteiger partial charge in [-0.3, -0.25) is 0 Å². The molecule has 17 heavy (non-hydrogen) atoms. The zero-order valence-corrected chi connectivity index (χ0v) is 11.5. The number of benzene rings is 1. The first kappa shape index (κ1) is 12.9. The van der Waals surface area contributed by atoms with Crippen molar-refractivity contribution in [1.82, 2.24) is 5.32 Å². The maximum absolute atomic E-state index is 6.06. The third kappa shape index (κ3) is 3.25. The first-order valence-corrected chi connectivity index (χ1v) is 6.78. The maximum atomic E-state index is 6.06. The summed E-state index contributed by atoms with van der Waals surface area (Å²) in [7, 11) is 1.98. The van der Waals surface area contributed by atoms with Crippen molar-refractivity contribution in [2.45, 2.75) is 31.7 Å². The number of hydrogen-bond acceptors (Lipinski definition) is 1. The van der Waals surface area contributed by atoms with Gasteiger partial charge in [-0.05, 0) is 56.5 Å². The average molecular weight is 270 g/mol. The summed E-state index contributed by atoms with van der Waals surface area (Å²) in [6.45, 7) is 0. The van der Waals surface area contributed by atoms with E-state index in [0.717, 1.165) is 12.0 Å². The van der Waals surface area contributed by atoms with Crippen LogP contribution in [0.3, 0.4) is 0 Å². The molecular formula is C14H17Cl2N. The second-order valence-corrected chi connectivity index (χ2v) is 5.32. The van der Waals surface area contributed by atoms with Crippen LogP contribution in [-0.4, -0.2) is 7.05 Å². The molecule has 1 aromatic rings. The SMILES string of the molecule is CNC(C1=CCCCC1)c1cc(Cl)cc(Cl)c1. The fraction of sp³-hybridized carbons (Fsp3) is 0.429. The summed E-state index contributed by atoms with van der Waals surface area (Å²) in [5.41, 5.74) is 2.61. The number of hydrogen-bond donors (Lipinski definition) is 1. The summed E-state index contributed by atoms with van der Waals surface area (Å²) in [5, 5.41) is 4.75. The van der Waals surface area contributed by atoms with Crippen molar-refractivity contribution < 1.29 is 0 Å². The Kier molecular flexibility index (Phi) is 4.49. The molecule has 0 heterocycles. The molecule has 1 unspecified atom stereocenters. The Labute approximate surface area is 113 Å². The average Bonchev–Trinajstić information content (AvgIpc) is 2.30. The van der Waals surface area contributed by atoms with Crippen LogP contribution in [0.2, 0.25) is 10.0 Å². The van der Waals surface area contributed by atoms with Gasteiger partial charge in [0.25, 0.3) is 0 Å². The van der Waals surface area contributed by atoms with E-state index in [0.29, 0.717) is 10.0 Å². The summed E-state index contributed by atoms with van der Waals surface area (Å²) in [5.74, 6) is 0. The molecule has 3 heteroatoms. The Balaban J connectivity index is 2.31. The van der Waals surface area contributed by atoms with Crippen molar-refractivity contribution in [2.24, 2.45) is 0 Å². The van der Waals surface area contributed by atoms with Gasteiger partial charge in [-0.25, -0.2) is 0 Å². The van der Waals surface area contributed by atoms with Crippen LogP contribution in [0.25, 0.3) is 0 Å². The zero-order valence-electron chi connectivity index (χ0n) is 9.97. The van der Waals surface area contributed by atoms with Gasteiger partial charge in [0.1, 0.15) is 0 Å². The van der Waals surface area contributed by atoms with Crippen LogP contribution in [0, 0.1) is 0 Å². The molecule has 1 aliphatic carbocycles. The highest BCUT2D eigenvalue weighted by Gasteiger charge is 2.17. The molecule has 0 fully saturated rings. The summed E-state index contributed by atoms with van der Waals surface area (Å²) >= 11 is 12.1. The normalized spacial score (nSPS) is 17.7. The fourth-order valence-electron chi connectivity index (χ4n) is 2.43. The lowest BCUT2D eigenvalue weighted by molar-refractivity contribution is 0.593. The van der Waals surface area contributed by atoms with Crippen LogP contribution in [0.5, 0.6) is 0 Å². The number of rotatable bonds is 3. The summed E-state index contributed by atoms with van der Waals surface area (Å²) < 4.78 is 0. The van der Waals surface area contributed by atoms with Gasteiger partial charge in [0.2, 0.25) is 0 Å². The van der Waals surface area contributed by atoms with Crippen molar-refractivity contribution in [2.75, 3.05) is 7.05 Å². The number of allylic oxidation sites excluding steroid dienone is 1. The van der Waals surface area contributed by atoms with E-state index in [-0.39, 0.29) is 6.04 Å². The smallest absolute Gasteiger partial charge is 0.0534 e. The number of halogens is 2. The van der Waals surface area contributed by atoms with Gasteiger partial charge in [0.15, 0.2) is 0 Å². The number of nitrogens with one attached hydrogen (secondary N) is 1. The molecule has 2 rings (SSSR count). The van der Waals surface area contributed by atoms with Gasteiger partial charge in [0, 0.05) is 10.0 Å². The molecule has 0 amide bonds. The molecule has 0 saturated carbocycles. The molecule has 0 aromatic heterocycles. The molecule has 0 aliphatic heterocycles. The number of likely N-dealkylation sites (N-methyl/N-ethyl adjacent to an activating group) is 1. The van der Waals surface area contributed by atoms with Crippen LogP contribution in [0.1, 0.15) is 37.3 Å². The molecule has 1 nitrogen and oxygen atoms in total. The highest BCUT2D eigenvalue weighted by molar-refractivity contribution is 6.34. The molecule has 0 saturated heterocycles. The van der Waals surface area contributed by atoms with E-state index in [4.69, 9.17) is 23.2 Å². The standard InChI is InChI=1S/C14H17Cl2N/c1-17-14(10-5-3-2-4-6-10)11-7-12(15)9-13(16)8-11/h5,7-9,14,17H,2-4,6H2,1H3. The van der Waals surface area contributed by atoms with Gasteiger partial charge >= 0.3 is 0 Å². The Morgan fingerprint density at radius 1 is 1.12 bits per heavy atom. The van der Waals surface area contributed by atoms with Crippen LogP contribution >= 0.6 is 23.2 Å². The van der Waals surface area contributed by atoms with Crippen molar-refractivity contribution >= 4 is 23.2 Å². The Morgan fingerprint density at radius 2 is 1.82 bits per heavy atom. The second kappa shape index (κ2) is 5.90. The topological polar surface area (TPSA) is 12.0 Å². The molecule has 1 N–H and O–H groups in total. The Morgan fingerprint density at radius 3 is 2.35 bits per heavy atom. The van der Waals surface area contributed by atoms with Crippen molar-refractivity contribution in [3.8, 4) is 0 Å². The van der Waals surface area contributed by atoms with Crippen molar-refractivity contribution in [1.29, 1.82) is 0 Å². The Hall–Kier alpha value is -0.500. The molecule has 0 bridgehead atoms. The molecule has 1 aliphatic rings. The van der Waals surface area contributed by atoms with Gasteiger partial charge in [-0.2, -0.15) is 0 Å². The van der Waals surface area contributed by atoms with E-state index in [2.05, 4.69) is 11.4 Å². The van der Waals surface area contributed by atoms with E-state index >= 15 is 0 Å². The van der Waals surface area contributed by atoms with E-state index in [9.17, 15) is 0 Å². The minimum atomic E-state index is 0.242. The van der Waals surface area contributed by atoms with E-state index in [1.807, 2.05) is 19.2 Å². The first-order valence-electron chi connectivity index (χ1n) is 6.03. The fourth-order valence-corrected chi connectivity index (χ4v) is 2.98. The lowest BCUT2D eigenvalue weighted by Crippen LogP contribution is -2.19. The minimum absolute atomic E-state index is 0.242. The molecule has 0 radical (unpaired) electrons. The molecule has 92 valence electrons. The molecule has 0 spiro atoms. The summed E-state index contributed by atoms with van der Waals surface area (Å²) in [4.78, 5) is 0. The van der Waals surface area contributed by atoms with E-state index in [1.165, 1.54) is 24.8 Å². The monoisotopic (exact) mass is 269 g/mol. The lowest BCUT2D eigenvalue weighted by atomic mass is 9.90. The van der Waals surface area contributed by atoms with Crippen molar-refractivity contribution in [3.63, 3.8) is 0 Å².